The monoisotopic (exact) mass is 398 g/mol. The summed E-state index contributed by atoms with van der Waals surface area (Å²) in [5.74, 6) is -0.696. The zero-order chi connectivity index (χ0) is 19.8. The number of amides is 1. The molecule has 1 fully saturated rings. The summed E-state index contributed by atoms with van der Waals surface area (Å²) in [4.78, 5) is 25.9. The fourth-order valence-corrected chi connectivity index (χ4v) is 3.66. The van der Waals surface area contributed by atoms with Crippen molar-refractivity contribution < 1.29 is 9.18 Å². The lowest BCUT2D eigenvalue weighted by atomic mass is 10.1. The lowest BCUT2D eigenvalue weighted by Crippen LogP contribution is -2.48. The molecule has 1 aliphatic rings. The van der Waals surface area contributed by atoms with Crippen LogP contribution in [0.15, 0.2) is 36.4 Å². The van der Waals surface area contributed by atoms with Crippen LogP contribution in [0.2, 0.25) is 5.02 Å². The molecule has 0 aliphatic carbocycles. The fraction of sp³-hybridized carbons (Fsp3) is 0.286. The predicted molar refractivity (Wildman–Crippen MR) is 109 cm³/mol. The van der Waals surface area contributed by atoms with Crippen molar-refractivity contribution in [3.05, 3.63) is 64.2 Å². The highest BCUT2D eigenvalue weighted by Crippen LogP contribution is 2.24. The number of hydrogen-bond acceptors (Lipinski definition) is 4. The van der Waals surface area contributed by atoms with E-state index in [0.29, 0.717) is 42.2 Å². The Morgan fingerprint density at radius 1 is 1.04 bits per heavy atom. The third-order valence-electron chi connectivity index (χ3n) is 5.12. The van der Waals surface area contributed by atoms with Crippen LogP contribution in [0.3, 0.4) is 0 Å². The van der Waals surface area contributed by atoms with Crippen LogP contribution in [0.25, 0.3) is 11.0 Å². The lowest BCUT2D eigenvalue weighted by molar-refractivity contribution is 0.0748. The second-order valence-electron chi connectivity index (χ2n) is 6.97. The summed E-state index contributed by atoms with van der Waals surface area (Å²) in [6, 6.07) is 10.3. The summed E-state index contributed by atoms with van der Waals surface area (Å²) in [5.41, 5.74) is 3.62. The van der Waals surface area contributed by atoms with Crippen molar-refractivity contribution in [1.29, 1.82) is 0 Å². The normalized spacial score (nSPS) is 14.6. The molecule has 4 rings (SSSR count). The van der Waals surface area contributed by atoms with E-state index in [-0.39, 0.29) is 11.5 Å². The smallest absolute Gasteiger partial charge is 0.256 e. The average Bonchev–Trinajstić information content (AvgIpc) is 2.68. The maximum atomic E-state index is 14.1. The van der Waals surface area contributed by atoms with E-state index in [1.165, 1.54) is 12.1 Å². The molecule has 3 aromatic rings. The summed E-state index contributed by atoms with van der Waals surface area (Å²) >= 11 is 6.08. The molecule has 144 valence electrons. The summed E-state index contributed by atoms with van der Waals surface area (Å²) in [6.07, 6.45) is 0. The summed E-state index contributed by atoms with van der Waals surface area (Å²) in [5, 5.41) is 0.687. The van der Waals surface area contributed by atoms with Crippen molar-refractivity contribution in [3.8, 4) is 0 Å². The number of hydrogen-bond donors (Lipinski definition) is 0. The van der Waals surface area contributed by atoms with Crippen molar-refractivity contribution in [2.24, 2.45) is 0 Å². The zero-order valence-corrected chi connectivity index (χ0v) is 16.5. The van der Waals surface area contributed by atoms with Crippen molar-refractivity contribution in [1.82, 2.24) is 14.9 Å². The first-order valence-corrected chi connectivity index (χ1v) is 9.54. The maximum absolute atomic E-state index is 14.1. The summed E-state index contributed by atoms with van der Waals surface area (Å²) < 4.78 is 14.1. The Balaban J connectivity index is 1.58. The third-order valence-corrected chi connectivity index (χ3v) is 5.35. The Labute approximate surface area is 167 Å². The van der Waals surface area contributed by atoms with E-state index in [9.17, 15) is 9.18 Å². The number of carbonyl (C=O) groups excluding carboxylic acids is 1. The van der Waals surface area contributed by atoms with Gasteiger partial charge >= 0.3 is 0 Å². The van der Waals surface area contributed by atoms with Crippen LogP contribution >= 0.6 is 11.6 Å². The molecule has 1 aromatic heterocycles. The van der Waals surface area contributed by atoms with Crippen LogP contribution in [-0.4, -0.2) is 47.0 Å². The molecule has 7 heteroatoms. The van der Waals surface area contributed by atoms with Gasteiger partial charge < -0.3 is 9.80 Å². The van der Waals surface area contributed by atoms with Gasteiger partial charge in [-0.1, -0.05) is 17.7 Å². The van der Waals surface area contributed by atoms with Crippen LogP contribution in [-0.2, 0) is 0 Å². The lowest BCUT2D eigenvalue weighted by Gasteiger charge is -2.36. The van der Waals surface area contributed by atoms with Gasteiger partial charge in [-0.3, -0.25) is 4.79 Å². The molecule has 28 heavy (non-hydrogen) atoms. The second-order valence-corrected chi connectivity index (χ2v) is 7.41. The van der Waals surface area contributed by atoms with E-state index >= 15 is 0 Å². The van der Waals surface area contributed by atoms with E-state index in [0.717, 1.165) is 17.1 Å². The highest BCUT2D eigenvalue weighted by atomic mass is 35.5. The molecule has 0 saturated carbocycles. The molecule has 0 spiro atoms. The molecule has 0 radical (unpaired) electrons. The van der Waals surface area contributed by atoms with Gasteiger partial charge in [0.1, 0.15) is 11.3 Å². The van der Waals surface area contributed by atoms with E-state index in [4.69, 9.17) is 11.6 Å². The second kappa shape index (κ2) is 7.36. The van der Waals surface area contributed by atoms with Crippen LogP contribution < -0.4 is 4.90 Å². The zero-order valence-electron chi connectivity index (χ0n) is 15.7. The number of carbonyl (C=O) groups is 1. The molecule has 0 atom stereocenters. The first kappa shape index (κ1) is 18.6. The minimum atomic E-state index is -0.481. The molecule has 2 heterocycles. The van der Waals surface area contributed by atoms with Gasteiger partial charge in [-0.15, -0.1) is 0 Å². The topological polar surface area (TPSA) is 49.3 Å². The quantitative estimate of drug-likeness (QED) is 0.654. The predicted octanol–water partition coefficient (Wildman–Crippen LogP) is 4.00. The van der Waals surface area contributed by atoms with Gasteiger partial charge in [0.2, 0.25) is 0 Å². The molecule has 0 bridgehead atoms. The van der Waals surface area contributed by atoms with Gasteiger partial charge in [0.05, 0.1) is 22.5 Å². The van der Waals surface area contributed by atoms with Crippen LogP contribution in [0.5, 0.6) is 0 Å². The SMILES string of the molecule is Cc1nc2cc(F)cc(C(=O)N3CCN(c4cccc(Cl)c4)CC3)c2nc1C. The molecular formula is C21H20ClFN4O. The van der Waals surface area contributed by atoms with Crippen molar-refractivity contribution >= 4 is 34.2 Å². The number of aryl methyl sites for hydroxylation is 2. The average molecular weight is 399 g/mol. The molecule has 1 saturated heterocycles. The minimum Gasteiger partial charge on any atom is -0.368 e. The number of benzene rings is 2. The Morgan fingerprint density at radius 3 is 2.46 bits per heavy atom. The van der Waals surface area contributed by atoms with Crippen LogP contribution in [0.1, 0.15) is 21.7 Å². The van der Waals surface area contributed by atoms with Gasteiger partial charge in [-0.2, -0.15) is 0 Å². The molecule has 1 amide bonds. The van der Waals surface area contributed by atoms with Gasteiger partial charge in [-0.25, -0.2) is 14.4 Å². The van der Waals surface area contributed by atoms with E-state index in [1.54, 1.807) is 4.90 Å². The number of aromatic nitrogens is 2. The Bertz CT molecular complexity index is 1060. The van der Waals surface area contributed by atoms with Crippen LogP contribution in [0.4, 0.5) is 10.1 Å². The summed E-state index contributed by atoms with van der Waals surface area (Å²) in [7, 11) is 0. The molecule has 1 aliphatic heterocycles. The number of nitrogens with zero attached hydrogens (tertiary/aromatic N) is 4. The van der Waals surface area contributed by atoms with Crippen molar-refractivity contribution in [2.75, 3.05) is 31.1 Å². The fourth-order valence-electron chi connectivity index (χ4n) is 3.47. The highest BCUT2D eigenvalue weighted by molar-refractivity contribution is 6.30. The molecule has 0 N–H and O–H groups in total. The third kappa shape index (κ3) is 3.52. The van der Waals surface area contributed by atoms with E-state index < -0.39 is 5.82 Å². The Hall–Kier alpha value is -2.73. The van der Waals surface area contributed by atoms with Gasteiger partial charge in [-0.05, 0) is 38.1 Å². The van der Waals surface area contributed by atoms with E-state index in [1.807, 2.05) is 38.1 Å². The van der Waals surface area contributed by atoms with Crippen molar-refractivity contribution in [2.45, 2.75) is 13.8 Å². The summed E-state index contributed by atoms with van der Waals surface area (Å²) in [6.45, 7) is 6.11. The Morgan fingerprint density at radius 2 is 1.75 bits per heavy atom. The molecule has 2 aromatic carbocycles. The van der Waals surface area contributed by atoms with E-state index in [2.05, 4.69) is 14.9 Å². The number of anilines is 1. The maximum Gasteiger partial charge on any atom is 0.256 e. The number of halogens is 2. The number of rotatable bonds is 2. The van der Waals surface area contributed by atoms with Gasteiger partial charge in [0.15, 0.2) is 0 Å². The molecule has 0 unspecified atom stereocenters. The van der Waals surface area contributed by atoms with Gasteiger partial charge in [0.25, 0.3) is 5.91 Å². The Kier molecular flexibility index (Phi) is 4.89. The highest BCUT2D eigenvalue weighted by Gasteiger charge is 2.25. The first-order valence-electron chi connectivity index (χ1n) is 9.16. The van der Waals surface area contributed by atoms with Gasteiger partial charge in [0, 0.05) is 43.0 Å². The van der Waals surface area contributed by atoms with Crippen LogP contribution in [0, 0.1) is 19.7 Å². The van der Waals surface area contributed by atoms with Crippen molar-refractivity contribution in [3.63, 3.8) is 0 Å². The first-order chi connectivity index (χ1) is 13.4. The molecule has 5 nitrogen and oxygen atoms in total. The molecular weight excluding hydrogens is 379 g/mol. The minimum absolute atomic E-state index is 0.215. The standard InChI is InChI=1S/C21H20ClFN4O/c1-13-14(2)25-20-18(11-16(23)12-19(20)24-13)21(28)27-8-6-26(7-9-27)17-5-3-4-15(22)10-17/h3-5,10-12H,6-9H2,1-2H3. The number of fused-ring (bicyclic) bond motifs is 1. The largest absolute Gasteiger partial charge is 0.368 e. The number of piperazine rings is 1.